The Morgan fingerprint density at radius 3 is 1.32 bits per heavy atom. The van der Waals surface area contributed by atoms with Crippen molar-refractivity contribution >= 4 is 28.3 Å². The quantitative estimate of drug-likeness (QED) is 0.340. The third kappa shape index (κ3) is 5.01. The van der Waals surface area contributed by atoms with Gasteiger partial charge in [0.15, 0.2) is 0 Å². The Balaban J connectivity index is 0.000000201. The Bertz CT molecular complexity index is 870. The van der Waals surface area contributed by atoms with Gasteiger partial charge in [0.1, 0.15) is 0 Å². The van der Waals surface area contributed by atoms with Gasteiger partial charge in [-0.3, -0.25) is 12.2 Å². The van der Waals surface area contributed by atoms with Crippen LogP contribution in [0.2, 0.25) is 37.3 Å². The van der Waals surface area contributed by atoms with E-state index in [2.05, 4.69) is 85.9 Å². The molecule has 31 heavy (non-hydrogen) atoms. The molecule has 2 aromatic carbocycles. The third-order valence-electron chi connectivity index (χ3n) is 7.81. The van der Waals surface area contributed by atoms with Gasteiger partial charge in [0.05, 0.1) is 0 Å². The van der Waals surface area contributed by atoms with E-state index in [0.717, 1.165) is 0 Å². The molecule has 0 bridgehead atoms. The van der Waals surface area contributed by atoms with Gasteiger partial charge in [-0.25, -0.2) is 12.2 Å². The minimum absolute atomic E-state index is 0. The maximum absolute atomic E-state index is 3.60. The molecule has 2 aliphatic carbocycles. The molecule has 0 saturated carbocycles. The number of halogens is 2. The number of rotatable bonds is 2. The summed E-state index contributed by atoms with van der Waals surface area (Å²) in [7, 11) is -1.91. The molecule has 0 radical (unpaired) electrons. The summed E-state index contributed by atoms with van der Waals surface area (Å²) < 4.78 is 0. The van der Waals surface area contributed by atoms with Crippen molar-refractivity contribution in [3.8, 4) is 0 Å². The van der Waals surface area contributed by atoms with Crippen LogP contribution in [0.3, 0.4) is 0 Å². The summed E-state index contributed by atoms with van der Waals surface area (Å²) in [6, 6.07) is 23.7. The third-order valence-corrected chi connectivity index (χ3v) is 17.5. The van der Waals surface area contributed by atoms with Crippen molar-refractivity contribution in [2.75, 3.05) is 0 Å². The molecular formula is C26H30Cl2HfSi2. The maximum atomic E-state index is 3.60. The molecule has 2 atom stereocenters. The Morgan fingerprint density at radius 2 is 1.00 bits per heavy atom. The summed E-state index contributed by atoms with van der Waals surface area (Å²) in [4.78, 5) is 0. The van der Waals surface area contributed by atoms with Crippen LogP contribution in [0.5, 0.6) is 0 Å². The van der Waals surface area contributed by atoms with Crippen LogP contribution in [0.15, 0.2) is 48.5 Å². The Morgan fingerprint density at radius 1 is 0.645 bits per heavy atom. The summed E-state index contributed by atoms with van der Waals surface area (Å²) in [5.74, 6) is 0. The number of benzene rings is 2. The number of fused-ring (bicyclic) bond motifs is 2. The molecule has 2 saturated heterocycles. The van der Waals surface area contributed by atoms with Crippen LogP contribution >= 0.6 is 0 Å². The molecule has 4 aliphatic rings. The van der Waals surface area contributed by atoms with Crippen LogP contribution in [0.1, 0.15) is 46.2 Å². The fraction of sp³-hybridized carbons (Fsp3) is 0.385. The van der Waals surface area contributed by atoms with Crippen molar-refractivity contribution in [2.24, 2.45) is 0 Å². The summed E-state index contributed by atoms with van der Waals surface area (Å²) in [6.07, 6.45) is 14.5. The van der Waals surface area contributed by atoms with E-state index in [1.807, 2.05) is 0 Å². The molecule has 2 heterocycles. The first-order valence-electron chi connectivity index (χ1n) is 11.0. The van der Waals surface area contributed by atoms with Crippen LogP contribution in [0, 0.1) is 12.2 Å². The van der Waals surface area contributed by atoms with Gasteiger partial charge in [0.25, 0.3) is 0 Å². The van der Waals surface area contributed by atoms with Gasteiger partial charge in [-0.2, -0.15) is 11.1 Å². The first-order chi connectivity index (χ1) is 13.6. The van der Waals surface area contributed by atoms with Crippen molar-refractivity contribution in [1.82, 2.24) is 0 Å². The number of hydrogen-bond donors (Lipinski definition) is 0. The molecule has 160 valence electrons. The van der Waals surface area contributed by atoms with Gasteiger partial charge in [-0.05, 0) is 0 Å². The summed E-state index contributed by atoms with van der Waals surface area (Å²) in [5.41, 5.74) is 7.35. The van der Waals surface area contributed by atoms with Crippen LogP contribution < -0.4 is 24.8 Å². The average molecular weight is 648 g/mol. The number of allylic oxidation sites excluding steroid dienone is 2. The van der Waals surface area contributed by atoms with Gasteiger partial charge in [0, 0.05) is 16.1 Å². The molecule has 0 aromatic heterocycles. The molecule has 2 aliphatic heterocycles. The maximum Gasteiger partial charge on any atom is 4.00 e. The van der Waals surface area contributed by atoms with E-state index in [4.69, 9.17) is 0 Å². The molecule has 6 rings (SSSR count). The zero-order valence-corrected chi connectivity index (χ0v) is 25.5. The fourth-order valence-corrected chi connectivity index (χ4v) is 12.6. The second-order valence-corrected chi connectivity index (χ2v) is 19.5. The van der Waals surface area contributed by atoms with Crippen LogP contribution in [-0.4, -0.2) is 16.1 Å². The van der Waals surface area contributed by atoms with Gasteiger partial charge in [-0.1, -0.05) is 97.6 Å². The normalized spacial score (nSPS) is 24.5. The molecule has 2 aromatic rings. The van der Waals surface area contributed by atoms with Crippen LogP contribution in [-0.2, 0) is 25.8 Å². The van der Waals surface area contributed by atoms with Crippen molar-refractivity contribution in [3.05, 3.63) is 82.9 Å². The molecule has 2 unspecified atom stereocenters. The molecule has 0 nitrogen and oxygen atoms in total. The van der Waals surface area contributed by atoms with E-state index in [9.17, 15) is 0 Å². The molecular weight excluding hydrogens is 618 g/mol. The molecule has 2 fully saturated rings. The van der Waals surface area contributed by atoms with Crippen molar-refractivity contribution in [2.45, 2.75) is 61.2 Å². The number of hydrogen-bond acceptors (Lipinski definition) is 0. The minimum atomic E-state index is -0.957. The van der Waals surface area contributed by atoms with Crippen molar-refractivity contribution < 1.29 is 50.7 Å². The molecule has 0 spiro atoms. The Labute approximate surface area is 221 Å². The van der Waals surface area contributed by atoms with Gasteiger partial charge < -0.3 is 24.8 Å². The Hall–Kier alpha value is -0.196. The standard InChI is InChI=1S/2C13H15Si.2ClH.Hf/c2*1-14(9-4-10-14)13-8-7-11-5-2-3-6-12(11)13;;;/h2*2-3,5-7,13H,4,9-10H2,1H3;2*1H;/q2*-1;;;+4/p-2. The molecule has 5 heteroatoms. The van der Waals surface area contributed by atoms with E-state index in [0.29, 0.717) is 11.1 Å². The van der Waals surface area contributed by atoms with E-state index in [1.54, 1.807) is 11.1 Å². The largest absolute Gasteiger partial charge is 4.00 e. The second-order valence-electron chi connectivity index (χ2n) is 9.76. The van der Waals surface area contributed by atoms with Gasteiger partial charge >= 0.3 is 25.8 Å². The minimum Gasteiger partial charge on any atom is -1.00 e. The zero-order chi connectivity index (χ0) is 19.2. The second kappa shape index (κ2) is 10.8. The molecule has 0 amide bonds. The average Bonchev–Trinajstić information content (AvgIpc) is 3.29. The SMILES string of the molecule is C[Si]1(C2[C-]=Cc3ccccc32)CCC1.C[Si]1(C2[C-]=Cc3ccccc32)CCC1.[Cl-].[Cl-].[Hf+4]. The van der Waals surface area contributed by atoms with Crippen LogP contribution in [0.25, 0.3) is 12.2 Å². The van der Waals surface area contributed by atoms with E-state index in [1.165, 1.54) is 48.1 Å². The first kappa shape index (κ1) is 27.1. The van der Waals surface area contributed by atoms with E-state index < -0.39 is 16.1 Å². The zero-order valence-electron chi connectivity index (χ0n) is 18.4. The van der Waals surface area contributed by atoms with Gasteiger partial charge in [0.2, 0.25) is 0 Å². The summed E-state index contributed by atoms with van der Waals surface area (Å²) in [5, 5.41) is 0. The summed E-state index contributed by atoms with van der Waals surface area (Å²) >= 11 is 0. The van der Waals surface area contributed by atoms with E-state index >= 15 is 0 Å². The summed E-state index contributed by atoms with van der Waals surface area (Å²) in [6.45, 7) is 5.09. The smallest absolute Gasteiger partial charge is 1.00 e. The van der Waals surface area contributed by atoms with E-state index in [-0.39, 0.29) is 50.7 Å². The topological polar surface area (TPSA) is 0 Å². The van der Waals surface area contributed by atoms with Gasteiger partial charge in [-0.15, -0.1) is 23.3 Å². The predicted octanol–water partition coefficient (Wildman–Crippen LogP) is 1.25. The van der Waals surface area contributed by atoms with Crippen molar-refractivity contribution in [3.63, 3.8) is 0 Å². The predicted molar refractivity (Wildman–Crippen MR) is 125 cm³/mol. The van der Waals surface area contributed by atoms with Crippen LogP contribution in [0.4, 0.5) is 0 Å². The molecule has 0 N–H and O–H groups in total. The van der Waals surface area contributed by atoms with Crippen molar-refractivity contribution in [1.29, 1.82) is 0 Å². The first-order valence-corrected chi connectivity index (χ1v) is 16.9. The Kier molecular flexibility index (Phi) is 9.44. The fourth-order valence-electron chi connectivity index (χ4n) is 5.54. The monoisotopic (exact) mass is 648 g/mol.